The van der Waals surface area contributed by atoms with E-state index in [4.69, 9.17) is 0 Å². The van der Waals surface area contributed by atoms with Crippen molar-refractivity contribution in [2.75, 3.05) is 31.8 Å². The van der Waals surface area contributed by atoms with Crippen molar-refractivity contribution in [3.63, 3.8) is 0 Å². The minimum absolute atomic E-state index is 0.0540. The molecule has 0 saturated heterocycles. The summed E-state index contributed by atoms with van der Waals surface area (Å²) in [5.41, 5.74) is 0. The summed E-state index contributed by atoms with van der Waals surface area (Å²) in [5, 5.41) is 0. The molecule has 0 unspecified atom stereocenters. The second kappa shape index (κ2) is 6.92. The van der Waals surface area contributed by atoms with Crippen LogP contribution in [-0.2, 0) is 0 Å². The normalized spacial score (nSPS) is 14.9. The molecule has 0 amide bonds. The van der Waals surface area contributed by atoms with Crippen molar-refractivity contribution >= 4 is 7.26 Å². The summed E-state index contributed by atoms with van der Waals surface area (Å²) in [6.07, 6.45) is -11.1. The van der Waals surface area contributed by atoms with Gasteiger partial charge in [0.15, 0.2) is 0 Å². The Morgan fingerprint density at radius 2 is 1.17 bits per heavy atom. The van der Waals surface area contributed by atoms with Crippen LogP contribution in [0.4, 0.5) is 30.7 Å². The van der Waals surface area contributed by atoms with Crippen LogP contribution >= 0.6 is 7.26 Å². The Morgan fingerprint density at radius 3 is 1.44 bits per heavy atom. The first kappa shape index (κ1) is 17.9. The maximum atomic E-state index is 12.1. The molecule has 0 aliphatic carbocycles. The van der Waals surface area contributed by atoms with Crippen LogP contribution in [0.2, 0.25) is 0 Å². The van der Waals surface area contributed by atoms with Gasteiger partial charge in [-0.3, -0.25) is 0 Å². The van der Waals surface area contributed by atoms with Crippen LogP contribution < -0.4 is 0 Å². The second-order valence-corrected chi connectivity index (χ2v) is 9.95. The number of alkyl halides is 7. The molecule has 0 spiro atoms. The molecule has 0 aromatic carbocycles. The monoisotopic (exact) mass is 302 g/mol. The van der Waals surface area contributed by atoms with Crippen molar-refractivity contribution in [2.45, 2.75) is 31.6 Å². The summed E-state index contributed by atoms with van der Waals surface area (Å²) in [4.78, 5) is 0. The third-order valence-electron chi connectivity index (χ3n) is 2.94. The second-order valence-electron chi connectivity index (χ2n) is 4.83. The van der Waals surface area contributed by atoms with Crippen LogP contribution in [0.3, 0.4) is 0 Å². The topological polar surface area (TPSA) is 0 Å². The van der Waals surface area contributed by atoms with Gasteiger partial charge in [-0.15, -0.1) is 0 Å². The predicted molar refractivity (Wildman–Crippen MR) is 60.8 cm³/mol. The molecule has 0 aromatic heterocycles. The molecule has 112 valence electrons. The number of hydrogen-bond donors (Lipinski definition) is 0. The fraction of sp³-hybridized carbons (Fsp3) is 1.00. The third-order valence-corrected chi connectivity index (χ3v) is 7.41. The van der Waals surface area contributed by atoms with Gasteiger partial charge in [0.2, 0.25) is 0 Å². The molecule has 0 radical (unpaired) electrons. The maximum absolute atomic E-state index is 12.1. The molecule has 8 heteroatoms. The van der Waals surface area contributed by atoms with Gasteiger partial charge in [0, 0.05) is 0 Å². The molecule has 0 bridgehead atoms. The molecule has 0 aliphatic rings. The Kier molecular flexibility index (Phi) is 6.90. The summed E-state index contributed by atoms with van der Waals surface area (Å²) < 4.78 is 84.7. The molecule has 0 saturated carbocycles. The first-order valence-electron chi connectivity index (χ1n) is 5.67. The average molecular weight is 302 g/mol. The van der Waals surface area contributed by atoms with E-state index < -0.39 is 39.1 Å². The molecule has 0 fully saturated rings. The number of halogens is 7. The predicted octanol–water partition coefficient (Wildman–Crippen LogP) is 4.63. The average Bonchev–Trinajstić information content (AvgIpc) is 2.19. The van der Waals surface area contributed by atoms with Gasteiger partial charge in [-0.1, -0.05) is 0 Å². The van der Waals surface area contributed by atoms with Crippen molar-refractivity contribution in [3.8, 4) is 0 Å². The van der Waals surface area contributed by atoms with Gasteiger partial charge in [0.1, 0.15) is 0 Å². The standard InChI is InChI=1S/C10H18F7P/c1-18(6-2-5-11,7-3-9(12,13)14)8-4-10(15,16)17/h18H,2-8H2,1H3. The fourth-order valence-corrected chi connectivity index (χ4v) is 5.27. The molecular formula is C10H18F7P. The zero-order valence-corrected chi connectivity index (χ0v) is 11.1. The van der Waals surface area contributed by atoms with E-state index in [-0.39, 0.29) is 24.9 Å². The Balaban J connectivity index is 4.42. The fourth-order valence-electron chi connectivity index (χ4n) is 1.76. The van der Waals surface area contributed by atoms with Gasteiger partial charge >= 0.3 is 101 Å². The molecular weight excluding hydrogens is 284 g/mol. The van der Waals surface area contributed by atoms with Crippen LogP contribution in [0, 0.1) is 0 Å². The zero-order chi connectivity index (χ0) is 14.4. The third kappa shape index (κ3) is 9.92. The minimum atomic E-state index is -4.36. The molecule has 0 aliphatic heterocycles. The van der Waals surface area contributed by atoms with Gasteiger partial charge in [0.25, 0.3) is 0 Å². The zero-order valence-electron chi connectivity index (χ0n) is 10.1. The van der Waals surface area contributed by atoms with Crippen LogP contribution in [0.5, 0.6) is 0 Å². The van der Waals surface area contributed by atoms with Crippen LogP contribution in [0.1, 0.15) is 19.3 Å². The van der Waals surface area contributed by atoms with Crippen LogP contribution in [-0.4, -0.2) is 44.2 Å². The van der Waals surface area contributed by atoms with Crippen molar-refractivity contribution in [3.05, 3.63) is 0 Å². The van der Waals surface area contributed by atoms with Crippen LogP contribution in [0.25, 0.3) is 0 Å². The van der Waals surface area contributed by atoms with E-state index in [9.17, 15) is 30.7 Å². The number of hydrogen-bond acceptors (Lipinski definition) is 0. The summed E-state index contributed by atoms with van der Waals surface area (Å²) in [7, 11) is -2.67. The summed E-state index contributed by atoms with van der Waals surface area (Å²) in [5.74, 6) is 0. The summed E-state index contributed by atoms with van der Waals surface area (Å²) in [6.45, 7) is 0.806. The van der Waals surface area contributed by atoms with Gasteiger partial charge < -0.3 is 0 Å². The first-order chi connectivity index (χ1) is 7.97. The van der Waals surface area contributed by atoms with E-state index in [2.05, 4.69) is 0 Å². The molecule has 0 heterocycles. The van der Waals surface area contributed by atoms with Gasteiger partial charge in [-0.25, -0.2) is 0 Å². The quantitative estimate of drug-likeness (QED) is 0.475. The van der Waals surface area contributed by atoms with Crippen molar-refractivity contribution in [2.24, 2.45) is 0 Å². The van der Waals surface area contributed by atoms with Gasteiger partial charge in [-0.2, -0.15) is 0 Å². The summed E-state index contributed by atoms with van der Waals surface area (Å²) in [6, 6.07) is 0. The Hall–Kier alpha value is -0.0600. The van der Waals surface area contributed by atoms with E-state index >= 15 is 0 Å². The van der Waals surface area contributed by atoms with E-state index in [1.54, 1.807) is 0 Å². The molecule has 0 rings (SSSR count). The van der Waals surface area contributed by atoms with E-state index in [1.807, 2.05) is 0 Å². The molecule has 0 N–H and O–H groups in total. The molecule has 18 heavy (non-hydrogen) atoms. The Bertz CT molecular complexity index is 215. The van der Waals surface area contributed by atoms with Crippen LogP contribution in [0.15, 0.2) is 0 Å². The van der Waals surface area contributed by atoms with Crippen molar-refractivity contribution < 1.29 is 30.7 Å². The van der Waals surface area contributed by atoms with E-state index in [1.165, 1.54) is 6.66 Å². The number of rotatable bonds is 7. The first-order valence-corrected chi connectivity index (χ1v) is 8.79. The SMILES string of the molecule is C[PH](CCCF)(CCC(F)(F)F)CCC(F)(F)F. The molecule has 0 nitrogen and oxygen atoms in total. The van der Waals surface area contributed by atoms with E-state index in [0.29, 0.717) is 0 Å². The van der Waals surface area contributed by atoms with E-state index in [0.717, 1.165) is 0 Å². The summed E-state index contributed by atoms with van der Waals surface area (Å²) >= 11 is 0. The molecule has 0 atom stereocenters. The van der Waals surface area contributed by atoms with Gasteiger partial charge in [0.05, 0.1) is 0 Å². The van der Waals surface area contributed by atoms with Crippen molar-refractivity contribution in [1.29, 1.82) is 0 Å². The Morgan fingerprint density at radius 1 is 0.778 bits per heavy atom. The van der Waals surface area contributed by atoms with Crippen molar-refractivity contribution in [1.82, 2.24) is 0 Å². The van der Waals surface area contributed by atoms with Gasteiger partial charge in [-0.05, 0) is 0 Å². The Labute approximate surface area is 102 Å². The molecule has 0 aromatic rings.